The Balaban J connectivity index is 2.39. The number of aromatic carboxylic acids is 1. The summed E-state index contributed by atoms with van der Waals surface area (Å²) in [4.78, 5) is 19.2. The number of benzene rings is 1. The van der Waals surface area contributed by atoms with Crippen molar-refractivity contribution in [2.24, 2.45) is 0 Å². The molecule has 4 N–H and O–H groups in total. The van der Waals surface area contributed by atoms with Crippen LogP contribution in [0.15, 0.2) is 28.9 Å². The molecule has 0 radical (unpaired) electrons. The van der Waals surface area contributed by atoms with Gasteiger partial charge in [0.25, 0.3) is 0 Å². The van der Waals surface area contributed by atoms with Gasteiger partial charge in [0.05, 0.1) is 11.2 Å². The number of aromatic nitrogens is 4. The van der Waals surface area contributed by atoms with E-state index in [4.69, 9.17) is 5.73 Å². The zero-order valence-corrected chi connectivity index (χ0v) is 11.5. The van der Waals surface area contributed by atoms with Gasteiger partial charge in [-0.2, -0.15) is 5.10 Å². The smallest absolute Gasteiger partial charge is 0.357 e. The molecule has 1 aromatic carbocycles. The lowest BCUT2D eigenvalue weighted by Crippen LogP contribution is -1.99. The number of aromatic amines is 1. The summed E-state index contributed by atoms with van der Waals surface area (Å²) in [6.07, 6.45) is 1.52. The molecule has 0 saturated carbocycles. The fourth-order valence-electron chi connectivity index (χ4n) is 2.00. The van der Waals surface area contributed by atoms with Crippen molar-refractivity contribution in [1.82, 2.24) is 20.2 Å². The largest absolute Gasteiger partial charge is 0.476 e. The van der Waals surface area contributed by atoms with Gasteiger partial charge in [0.2, 0.25) is 5.95 Å². The Morgan fingerprint density at radius 1 is 1.40 bits per heavy atom. The Kier molecular flexibility index (Phi) is 2.87. The van der Waals surface area contributed by atoms with Crippen molar-refractivity contribution in [1.29, 1.82) is 0 Å². The number of nitrogens with zero attached hydrogens (tertiary/aromatic N) is 3. The predicted octanol–water partition coefficient (Wildman–Crippen LogP) is 2.06. The van der Waals surface area contributed by atoms with Gasteiger partial charge < -0.3 is 10.8 Å². The molecule has 0 amide bonds. The van der Waals surface area contributed by atoms with Crippen molar-refractivity contribution in [2.45, 2.75) is 0 Å². The van der Waals surface area contributed by atoms with Crippen molar-refractivity contribution in [3.05, 3.63) is 34.6 Å². The Bertz CT molecular complexity index is 830. The Morgan fingerprint density at radius 2 is 2.20 bits per heavy atom. The molecule has 100 valence electrons. The van der Waals surface area contributed by atoms with E-state index in [1.54, 1.807) is 18.2 Å². The van der Waals surface area contributed by atoms with E-state index in [9.17, 15) is 9.90 Å². The van der Waals surface area contributed by atoms with Crippen LogP contribution in [0.2, 0.25) is 0 Å². The number of anilines is 1. The highest BCUT2D eigenvalue weighted by molar-refractivity contribution is 9.10. The number of hydrogen-bond acceptors (Lipinski definition) is 5. The Morgan fingerprint density at radius 3 is 2.90 bits per heavy atom. The van der Waals surface area contributed by atoms with Crippen LogP contribution in [0.5, 0.6) is 0 Å². The minimum Gasteiger partial charge on any atom is -0.476 e. The van der Waals surface area contributed by atoms with E-state index < -0.39 is 5.97 Å². The maximum absolute atomic E-state index is 11.3. The maximum atomic E-state index is 11.3. The zero-order valence-electron chi connectivity index (χ0n) is 9.96. The summed E-state index contributed by atoms with van der Waals surface area (Å²) in [5, 5.41) is 16.2. The number of hydrogen-bond donors (Lipinski definition) is 3. The van der Waals surface area contributed by atoms with Crippen LogP contribution in [0.25, 0.3) is 22.2 Å². The van der Waals surface area contributed by atoms with Gasteiger partial charge in [-0.3, -0.25) is 5.10 Å². The van der Waals surface area contributed by atoms with Crippen LogP contribution in [0.1, 0.15) is 10.5 Å². The van der Waals surface area contributed by atoms with Gasteiger partial charge in [0, 0.05) is 21.6 Å². The number of carboxylic acids is 1. The number of nitrogens with two attached hydrogens (primary N) is 1. The van der Waals surface area contributed by atoms with Gasteiger partial charge in [-0.15, -0.1) is 0 Å². The predicted molar refractivity (Wildman–Crippen MR) is 76.2 cm³/mol. The molecule has 8 heteroatoms. The van der Waals surface area contributed by atoms with E-state index in [0.29, 0.717) is 22.2 Å². The fraction of sp³-hybridized carbons (Fsp3) is 0. The molecule has 7 nitrogen and oxygen atoms in total. The van der Waals surface area contributed by atoms with Crippen LogP contribution in [0.4, 0.5) is 5.95 Å². The highest BCUT2D eigenvalue weighted by atomic mass is 79.9. The number of rotatable bonds is 2. The minimum absolute atomic E-state index is 0.0558. The van der Waals surface area contributed by atoms with Crippen molar-refractivity contribution < 1.29 is 9.90 Å². The van der Waals surface area contributed by atoms with Gasteiger partial charge in [-0.25, -0.2) is 14.8 Å². The highest BCUT2D eigenvalue weighted by Crippen LogP contribution is 2.32. The van der Waals surface area contributed by atoms with E-state index in [1.807, 2.05) is 0 Å². The summed E-state index contributed by atoms with van der Waals surface area (Å²) in [5.41, 5.74) is 7.28. The summed E-state index contributed by atoms with van der Waals surface area (Å²) >= 11 is 3.38. The molecule has 3 rings (SSSR count). The molecule has 0 aliphatic heterocycles. The summed E-state index contributed by atoms with van der Waals surface area (Å²) in [5.74, 6) is -0.988. The topological polar surface area (TPSA) is 118 Å². The van der Waals surface area contributed by atoms with Crippen molar-refractivity contribution in [2.75, 3.05) is 5.73 Å². The third kappa shape index (κ3) is 1.99. The molecule has 0 aliphatic rings. The Hall–Kier alpha value is -2.48. The first-order valence-electron chi connectivity index (χ1n) is 5.56. The third-order valence-electron chi connectivity index (χ3n) is 2.78. The van der Waals surface area contributed by atoms with Gasteiger partial charge in [0.1, 0.15) is 0 Å². The summed E-state index contributed by atoms with van der Waals surface area (Å²) in [6, 6.07) is 5.19. The fourth-order valence-corrected chi connectivity index (χ4v) is 2.46. The van der Waals surface area contributed by atoms with Crippen LogP contribution < -0.4 is 5.73 Å². The molecule has 0 atom stereocenters. The average Bonchev–Trinajstić information content (AvgIpc) is 2.81. The first-order valence-corrected chi connectivity index (χ1v) is 6.35. The average molecular weight is 334 g/mol. The third-order valence-corrected chi connectivity index (χ3v) is 3.24. The minimum atomic E-state index is -1.11. The molecular formula is C12H8BrN5O2. The second kappa shape index (κ2) is 4.57. The van der Waals surface area contributed by atoms with E-state index >= 15 is 0 Å². The zero-order chi connectivity index (χ0) is 14.3. The normalized spacial score (nSPS) is 10.8. The van der Waals surface area contributed by atoms with Crippen LogP contribution in [0, 0.1) is 0 Å². The molecule has 2 heterocycles. The van der Waals surface area contributed by atoms with E-state index in [-0.39, 0.29) is 11.6 Å². The highest BCUT2D eigenvalue weighted by Gasteiger charge is 2.18. The van der Waals surface area contributed by atoms with Crippen molar-refractivity contribution >= 4 is 38.8 Å². The number of carboxylic acid groups (broad SMARTS) is 1. The van der Waals surface area contributed by atoms with Gasteiger partial charge >= 0.3 is 5.97 Å². The molecule has 0 fully saturated rings. The molecule has 0 aliphatic carbocycles. The van der Waals surface area contributed by atoms with Gasteiger partial charge in [0.15, 0.2) is 5.69 Å². The van der Waals surface area contributed by atoms with Crippen molar-refractivity contribution in [3.8, 4) is 11.3 Å². The molecule has 20 heavy (non-hydrogen) atoms. The lowest BCUT2D eigenvalue weighted by molar-refractivity contribution is 0.0692. The number of nitrogens with one attached hydrogen (secondary N) is 1. The summed E-state index contributed by atoms with van der Waals surface area (Å²) < 4.78 is 0.776. The number of fused-ring (bicyclic) bond motifs is 1. The quantitative estimate of drug-likeness (QED) is 0.660. The van der Waals surface area contributed by atoms with Crippen LogP contribution in [-0.4, -0.2) is 31.2 Å². The number of carbonyl (C=O) groups is 1. The van der Waals surface area contributed by atoms with E-state index in [0.717, 1.165) is 4.47 Å². The van der Waals surface area contributed by atoms with Crippen LogP contribution in [0.3, 0.4) is 0 Å². The first kappa shape index (κ1) is 12.5. The van der Waals surface area contributed by atoms with Crippen molar-refractivity contribution in [3.63, 3.8) is 0 Å². The van der Waals surface area contributed by atoms with E-state index in [1.165, 1.54) is 6.20 Å². The summed E-state index contributed by atoms with van der Waals surface area (Å²) in [7, 11) is 0. The standard InChI is InChI=1S/C12H8BrN5O2/c13-5-3-6(7-1-2-15-12(14)16-7)9-8(4-5)17-18-10(9)11(19)20/h1-4H,(H,17,18)(H,19,20)(H2,14,15,16). The first-order chi connectivity index (χ1) is 9.56. The molecule has 3 aromatic rings. The molecule has 0 bridgehead atoms. The van der Waals surface area contributed by atoms with Gasteiger partial charge in [-0.1, -0.05) is 15.9 Å². The monoisotopic (exact) mass is 333 g/mol. The second-order valence-corrected chi connectivity index (χ2v) is 4.97. The molecule has 0 unspecified atom stereocenters. The maximum Gasteiger partial charge on any atom is 0.357 e. The molecule has 0 spiro atoms. The van der Waals surface area contributed by atoms with Crippen LogP contribution >= 0.6 is 15.9 Å². The Labute approximate surface area is 121 Å². The molecular weight excluding hydrogens is 326 g/mol. The molecule has 0 saturated heterocycles. The number of halogens is 1. The van der Waals surface area contributed by atoms with E-state index in [2.05, 4.69) is 36.1 Å². The lowest BCUT2D eigenvalue weighted by Gasteiger charge is -2.05. The van der Waals surface area contributed by atoms with Gasteiger partial charge in [-0.05, 0) is 18.2 Å². The second-order valence-electron chi connectivity index (χ2n) is 4.05. The number of H-pyrrole nitrogens is 1. The molecule has 2 aromatic heterocycles. The lowest BCUT2D eigenvalue weighted by atomic mass is 10.0. The summed E-state index contributed by atoms with van der Waals surface area (Å²) in [6.45, 7) is 0. The van der Waals surface area contributed by atoms with Crippen LogP contribution in [-0.2, 0) is 0 Å². The number of nitrogen functional groups attached to an aromatic ring is 1. The SMILES string of the molecule is Nc1nccc(-c2cc(Br)cc3[nH]nc(C(=O)O)c23)n1.